The van der Waals surface area contributed by atoms with Crippen LogP contribution in [0.3, 0.4) is 0 Å². The number of carbonyl (C=O) groups excluding carboxylic acids is 1. The molecule has 1 heterocycles. The predicted octanol–water partition coefficient (Wildman–Crippen LogP) is 4.72. The van der Waals surface area contributed by atoms with Gasteiger partial charge < -0.3 is 4.90 Å². The molecule has 0 bridgehead atoms. The van der Waals surface area contributed by atoms with Gasteiger partial charge in [-0.25, -0.2) is 0 Å². The molecule has 3 heteroatoms. The highest BCUT2D eigenvalue weighted by Gasteiger charge is 2.50. The summed E-state index contributed by atoms with van der Waals surface area (Å²) in [5.41, 5.74) is 3.61. The molecule has 4 rings (SSSR count). The molecule has 1 amide bonds. The molecular weight excluding hydrogens is 318 g/mol. The fraction of sp³-hybridized carbons (Fsp3) is 0.0952. The minimum Gasteiger partial charge on any atom is -0.305 e. The average molecular weight is 334 g/mol. The number of halogens is 1. The Morgan fingerprint density at radius 3 is 2.08 bits per heavy atom. The lowest BCUT2D eigenvalue weighted by Crippen LogP contribution is -2.37. The Morgan fingerprint density at radius 2 is 1.38 bits per heavy atom. The number of nitrogens with zero attached hydrogens (tertiary/aromatic N) is 1. The van der Waals surface area contributed by atoms with E-state index in [1.165, 1.54) is 0 Å². The summed E-state index contributed by atoms with van der Waals surface area (Å²) in [6, 6.07) is 27.3. The van der Waals surface area contributed by atoms with Gasteiger partial charge in [0.1, 0.15) is 0 Å². The molecule has 0 spiro atoms. The first-order valence-corrected chi connectivity index (χ1v) is 8.29. The van der Waals surface area contributed by atoms with Crippen LogP contribution in [0.25, 0.3) is 0 Å². The molecule has 118 valence electrons. The van der Waals surface area contributed by atoms with Gasteiger partial charge in [-0.1, -0.05) is 90.5 Å². The van der Waals surface area contributed by atoms with Crippen LogP contribution in [0.15, 0.2) is 84.9 Å². The van der Waals surface area contributed by atoms with Gasteiger partial charge in [-0.15, -0.1) is 0 Å². The van der Waals surface area contributed by atoms with E-state index in [-0.39, 0.29) is 5.91 Å². The minimum atomic E-state index is -1.16. The van der Waals surface area contributed by atoms with Crippen LogP contribution in [0, 0.1) is 0 Å². The van der Waals surface area contributed by atoms with E-state index in [9.17, 15) is 4.79 Å². The molecule has 3 aromatic rings. The zero-order chi connectivity index (χ0) is 16.6. The molecule has 1 unspecified atom stereocenters. The molecule has 0 fully saturated rings. The number of hydrogen-bond acceptors (Lipinski definition) is 1. The number of amides is 1. The molecule has 1 aliphatic rings. The molecule has 1 aliphatic heterocycles. The highest BCUT2D eigenvalue weighted by Crippen LogP contribution is 2.49. The van der Waals surface area contributed by atoms with Crippen molar-refractivity contribution < 1.29 is 4.79 Å². The van der Waals surface area contributed by atoms with Crippen LogP contribution in [0.1, 0.15) is 16.7 Å². The van der Waals surface area contributed by atoms with Gasteiger partial charge in [0.25, 0.3) is 5.91 Å². The van der Waals surface area contributed by atoms with Gasteiger partial charge in [0.2, 0.25) is 0 Å². The number of fused-ring (bicyclic) bond motifs is 1. The quantitative estimate of drug-likeness (QED) is 0.635. The molecule has 3 aromatic carbocycles. The lowest BCUT2D eigenvalue weighted by molar-refractivity contribution is -0.119. The summed E-state index contributed by atoms with van der Waals surface area (Å²) in [6.45, 7) is 0.512. The molecule has 24 heavy (non-hydrogen) atoms. The second-order valence-electron chi connectivity index (χ2n) is 5.92. The lowest BCUT2D eigenvalue weighted by atomic mass is 9.91. The van der Waals surface area contributed by atoms with Crippen LogP contribution in [0.2, 0.25) is 0 Å². The standard InChI is InChI=1S/C21H16ClNO/c22-21(17-11-5-2-6-12-17)18-13-7-8-14-19(18)23(20(21)24)15-16-9-3-1-4-10-16/h1-14H,15H2. The number of alkyl halides is 1. The second-order valence-corrected chi connectivity index (χ2v) is 6.49. The van der Waals surface area contributed by atoms with Crippen molar-refractivity contribution in [3.63, 3.8) is 0 Å². The van der Waals surface area contributed by atoms with Crippen LogP contribution in [0.4, 0.5) is 5.69 Å². The largest absolute Gasteiger partial charge is 0.305 e. The van der Waals surface area contributed by atoms with Crippen LogP contribution in [-0.4, -0.2) is 5.91 Å². The van der Waals surface area contributed by atoms with E-state index in [0.717, 1.165) is 22.4 Å². The van der Waals surface area contributed by atoms with Crippen LogP contribution < -0.4 is 4.90 Å². The monoisotopic (exact) mass is 333 g/mol. The summed E-state index contributed by atoms with van der Waals surface area (Å²) < 4.78 is 0. The third kappa shape index (κ3) is 2.22. The SMILES string of the molecule is O=C1N(Cc2ccccc2)c2ccccc2C1(Cl)c1ccccc1. The third-order valence-corrected chi connectivity index (χ3v) is 5.04. The van der Waals surface area contributed by atoms with E-state index in [0.29, 0.717) is 6.54 Å². The van der Waals surface area contributed by atoms with Gasteiger partial charge in [0.05, 0.1) is 6.54 Å². The Hall–Kier alpha value is -2.58. The molecule has 0 radical (unpaired) electrons. The van der Waals surface area contributed by atoms with E-state index in [1.807, 2.05) is 84.9 Å². The first kappa shape index (κ1) is 15.0. The van der Waals surface area contributed by atoms with Gasteiger partial charge in [0, 0.05) is 11.3 Å². The Balaban J connectivity index is 1.83. The van der Waals surface area contributed by atoms with Gasteiger partial charge in [-0.05, 0) is 17.2 Å². The number of benzene rings is 3. The summed E-state index contributed by atoms with van der Waals surface area (Å²) in [5.74, 6) is -0.0968. The number of carbonyl (C=O) groups is 1. The van der Waals surface area contributed by atoms with Gasteiger partial charge in [-0.3, -0.25) is 4.79 Å². The van der Waals surface area contributed by atoms with Crippen molar-refractivity contribution in [3.05, 3.63) is 102 Å². The number of hydrogen-bond donors (Lipinski definition) is 0. The van der Waals surface area contributed by atoms with E-state index < -0.39 is 4.87 Å². The maximum Gasteiger partial charge on any atom is 0.257 e. The lowest BCUT2D eigenvalue weighted by Gasteiger charge is -2.23. The summed E-state index contributed by atoms with van der Waals surface area (Å²) >= 11 is 6.95. The van der Waals surface area contributed by atoms with Crippen molar-refractivity contribution in [1.29, 1.82) is 0 Å². The van der Waals surface area contributed by atoms with Crippen LogP contribution in [-0.2, 0) is 16.2 Å². The van der Waals surface area contributed by atoms with E-state index in [4.69, 9.17) is 11.6 Å². The summed E-state index contributed by atoms with van der Waals surface area (Å²) in [6.07, 6.45) is 0. The maximum atomic E-state index is 13.3. The van der Waals surface area contributed by atoms with Crippen molar-refractivity contribution in [1.82, 2.24) is 0 Å². The van der Waals surface area contributed by atoms with Crippen molar-refractivity contribution >= 4 is 23.2 Å². The van der Waals surface area contributed by atoms with Crippen LogP contribution in [0.5, 0.6) is 0 Å². The third-order valence-electron chi connectivity index (χ3n) is 4.46. The van der Waals surface area contributed by atoms with E-state index >= 15 is 0 Å². The summed E-state index contributed by atoms with van der Waals surface area (Å²) in [4.78, 5) is 13.9. The van der Waals surface area contributed by atoms with Crippen LogP contribution >= 0.6 is 11.6 Å². The summed E-state index contributed by atoms with van der Waals surface area (Å²) in [5, 5.41) is 0. The average Bonchev–Trinajstić information content (AvgIpc) is 2.87. The fourth-order valence-corrected chi connectivity index (χ4v) is 3.67. The van der Waals surface area contributed by atoms with Crippen molar-refractivity contribution in [3.8, 4) is 0 Å². The number of rotatable bonds is 3. The predicted molar refractivity (Wildman–Crippen MR) is 97.1 cm³/mol. The second kappa shape index (κ2) is 5.81. The van der Waals surface area contributed by atoms with Gasteiger partial charge in [0.15, 0.2) is 4.87 Å². The molecule has 0 saturated heterocycles. The number of anilines is 1. The fourth-order valence-electron chi connectivity index (χ4n) is 3.28. The topological polar surface area (TPSA) is 20.3 Å². The summed E-state index contributed by atoms with van der Waals surface area (Å²) in [7, 11) is 0. The maximum absolute atomic E-state index is 13.3. The normalized spacial score (nSPS) is 19.4. The van der Waals surface area contributed by atoms with Crippen molar-refractivity contribution in [2.45, 2.75) is 11.4 Å². The highest BCUT2D eigenvalue weighted by atomic mass is 35.5. The van der Waals surface area contributed by atoms with Crippen molar-refractivity contribution in [2.75, 3.05) is 4.90 Å². The molecule has 0 aromatic heterocycles. The minimum absolute atomic E-state index is 0.0968. The smallest absolute Gasteiger partial charge is 0.257 e. The zero-order valence-corrected chi connectivity index (χ0v) is 13.8. The van der Waals surface area contributed by atoms with E-state index in [2.05, 4.69) is 0 Å². The van der Waals surface area contributed by atoms with Gasteiger partial charge >= 0.3 is 0 Å². The Kier molecular flexibility index (Phi) is 3.62. The molecule has 1 atom stereocenters. The van der Waals surface area contributed by atoms with E-state index in [1.54, 1.807) is 4.90 Å². The first-order chi connectivity index (χ1) is 11.7. The zero-order valence-electron chi connectivity index (χ0n) is 13.0. The molecule has 0 aliphatic carbocycles. The van der Waals surface area contributed by atoms with Crippen molar-refractivity contribution in [2.24, 2.45) is 0 Å². The molecular formula is C21H16ClNO. The Morgan fingerprint density at radius 1 is 0.792 bits per heavy atom. The van der Waals surface area contributed by atoms with Gasteiger partial charge in [-0.2, -0.15) is 0 Å². The Labute approximate surface area is 146 Å². The number of para-hydroxylation sites is 1. The molecule has 2 nitrogen and oxygen atoms in total. The Bertz CT molecular complexity index is 879. The molecule has 0 N–H and O–H groups in total. The first-order valence-electron chi connectivity index (χ1n) is 7.91. The highest BCUT2D eigenvalue weighted by molar-refractivity contribution is 6.41. The molecule has 0 saturated carbocycles.